The Morgan fingerprint density at radius 1 is 1.21 bits per heavy atom. The van der Waals surface area contributed by atoms with Crippen LogP contribution >= 0.6 is 0 Å². The Balaban J connectivity index is 1.77. The van der Waals surface area contributed by atoms with Crippen LogP contribution in [-0.4, -0.2) is 29.4 Å². The normalized spacial score (nSPS) is 21.2. The first-order chi connectivity index (χ1) is 8.92. The van der Waals surface area contributed by atoms with E-state index in [1.54, 1.807) is 0 Å². The van der Waals surface area contributed by atoms with Crippen LogP contribution in [0.3, 0.4) is 0 Å². The summed E-state index contributed by atoms with van der Waals surface area (Å²) in [6, 6.07) is 1.71. The zero-order valence-electron chi connectivity index (χ0n) is 10.1. The maximum Gasteiger partial charge on any atom is 0.257 e. The Morgan fingerprint density at radius 2 is 1.84 bits per heavy atom. The third kappa shape index (κ3) is 1.90. The molecule has 1 aliphatic heterocycles. The fraction of sp³-hybridized carbons (Fsp3) is 0.462. The number of hydrogen-bond acceptors (Lipinski definition) is 2. The molecule has 1 saturated carbocycles. The van der Waals surface area contributed by atoms with Crippen molar-refractivity contribution in [1.29, 1.82) is 0 Å². The van der Waals surface area contributed by atoms with Gasteiger partial charge in [0, 0.05) is 13.1 Å². The highest BCUT2D eigenvalue weighted by atomic mass is 19.2. The number of benzene rings is 1. The first-order valence-electron chi connectivity index (χ1n) is 6.14. The van der Waals surface area contributed by atoms with Crippen LogP contribution in [0, 0.1) is 23.4 Å². The summed E-state index contributed by atoms with van der Waals surface area (Å²) in [6.45, 7) is 0.684. The molecule has 6 heteroatoms. The van der Waals surface area contributed by atoms with Crippen molar-refractivity contribution in [2.75, 3.05) is 13.1 Å². The van der Waals surface area contributed by atoms with Crippen molar-refractivity contribution < 1.29 is 18.0 Å². The topological polar surface area (TPSA) is 46.3 Å². The van der Waals surface area contributed by atoms with E-state index in [9.17, 15) is 18.0 Å². The maximum atomic E-state index is 13.5. The van der Waals surface area contributed by atoms with Gasteiger partial charge in [0.1, 0.15) is 0 Å². The molecule has 0 spiro atoms. The quantitative estimate of drug-likeness (QED) is 0.831. The summed E-state index contributed by atoms with van der Waals surface area (Å²) < 4.78 is 39.4. The second-order valence-electron chi connectivity index (χ2n) is 5.39. The minimum absolute atomic E-state index is 0.342. The first kappa shape index (κ1) is 12.5. The Labute approximate surface area is 108 Å². The van der Waals surface area contributed by atoms with E-state index in [1.165, 1.54) is 4.90 Å². The number of hydrogen-bond donors (Lipinski definition) is 1. The van der Waals surface area contributed by atoms with Crippen LogP contribution in [0.15, 0.2) is 12.1 Å². The van der Waals surface area contributed by atoms with Crippen LogP contribution in [0.1, 0.15) is 23.2 Å². The number of nitrogens with two attached hydrogens (primary N) is 1. The van der Waals surface area contributed by atoms with Crippen molar-refractivity contribution in [2.45, 2.75) is 18.4 Å². The summed E-state index contributed by atoms with van der Waals surface area (Å²) in [5, 5.41) is 0. The van der Waals surface area contributed by atoms with Crippen molar-refractivity contribution in [3.05, 3.63) is 35.1 Å². The smallest absolute Gasteiger partial charge is 0.257 e. The molecule has 1 aromatic carbocycles. The van der Waals surface area contributed by atoms with Crippen molar-refractivity contribution in [3.63, 3.8) is 0 Å². The molecule has 3 rings (SSSR count). The minimum Gasteiger partial charge on any atom is -0.335 e. The molecule has 2 N–H and O–H groups in total. The third-order valence-corrected chi connectivity index (χ3v) is 3.91. The van der Waals surface area contributed by atoms with Gasteiger partial charge in [0.25, 0.3) is 5.91 Å². The molecular weight excluding hydrogens is 257 g/mol. The van der Waals surface area contributed by atoms with Gasteiger partial charge < -0.3 is 10.6 Å². The predicted molar refractivity (Wildman–Crippen MR) is 61.9 cm³/mol. The zero-order valence-corrected chi connectivity index (χ0v) is 10.1. The van der Waals surface area contributed by atoms with E-state index in [0.29, 0.717) is 19.0 Å². The second-order valence-corrected chi connectivity index (χ2v) is 5.39. The van der Waals surface area contributed by atoms with Gasteiger partial charge in [-0.15, -0.1) is 0 Å². The molecule has 0 radical (unpaired) electrons. The van der Waals surface area contributed by atoms with Crippen molar-refractivity contribution in [1.82, 2.24) is 4.90 Å². The lowest BCUT2D eigenvalue weighted by Gasteiger charge is -2.48. The van der Waals surface area contributed by atoms with Gasteiger partial charge in [0.05, 0.1) is 11.1 Å². The van der Waals surface area contributed by atoms with Crippen LogP contribution in [-0.2, 0) is 0 Å². The molecule has 1 aliphatic carbocycles. The number of nitrogens with zero attached hydrogens (tertiary/aromatic N) is 1. The number of carbonyl (C=O) groups excluding carboxylic acids is 1. The van der Waals surface area contributed by atoms with E-state index in [2.05, 4.69) is 0 Å². The highest BCUT2D eigenvalue weighted by Gasteiger charge is 2.52. The molecule has 19 heavy (non-hydrogen) atoms. The van der Waals surface area contributed by atoms with Crippen LogP contribution in [0.2, 0.25) is 0 Å². The Kier molecular flexibility index (Phi) is 2.60. The summed E-state index contributed by atoms with van der Waals surface area (Å²) in [4.78, 5) is 13.4. The van der Waals surface area contributed by atoms with E-state index < -0.39 is 28.9 Å². The summed E-state index contributed by atoms with van der Waals surface area (Å²) in [5.41, 5.74) is 5.25. The molecular formula is C13H13F3N2O. The Morgan fingerprint density at radius 3 is 2.42 bits per heavy atom. The van der Waals surface area contributed by atoms with Crippen molar-refractivity contribution >= 4 is 5.91 Å². The van der Waals surface area contributed by atoms with Gasteiger partial charge in [-0.25, -0.2) is 13.2 Å². The molecule has 1 heterocycles. The van der Waals surface area contributed by atoms with Crippen LogP contribution in [0.5, 0.6) is 0 Å². The molecule has 0 unspecified atom stereocenters. The second kappa shape index (κ2) is 3.96. The molecule has 3 nitrogen and oxygen atoms in total. The van der Waals surface area contributed by atoms with Gasteiger partial charge in [-0.2, -0.15) is 0 Å². The third-order valence-electron chi connectivity index (χ3n) is 3.91. The van der Waals surface area contributed by atoms with E-state index in [0.717, 1.165) is 25.0 Å². The summed E-state index contributed by atoms with van der Waals surface area (Å²) in [5.74, 6) is -4.58. The van der Waals surface area contributed by atoms with Gasteiger partial charge in [0.2, 0.25) is 0 Å². The van der Waals surface area contributed by atoms with Gasteiger partial charge in [-0.3, -0.25) is 4.79 Å². The zero-order chi connectivity index (χ0) is 13.8. The van der Waals surface area contributed by atoms with Gasteiger partial charge in [-0.05, 0) is 30.9 Å². The lowest BCUT2D eigenvalue weighted by atomic mass is 9.85. The Hall–Kier alpha value is -1.56. The molecule has 2 fully saturated rings. The first-order valence-corrected chi connectivity index (χ1v) is 6.14. The number of amides is 1. The lowest BCUT2D eigenvalue weighted by Crippen LogP contribution is -2.69. The SMILES string of the molecule is NC1(C2CC2)CN(C(=O)c2ccc(F)c(F)c2F)C1. The van der Waals surface area contributed by atoms with E-state index >= 15 is 0 Å². The van der Waals surface area contributed by atoms with E-state index in [1.807, 2.05) is 0 Å². The van der Waals surface area contributed by atoms with Crippen LogP contribution < -0.4 is 5.73 Å². The summed E-state index contributed by atoms with van der Waals surface area (Å²) in [7, 11) is 0. The average Bonchev–Trinajstić information content (AvgIpc) is 3.16. The van der Waals surface area contributed by atoms with E-state index in [-0.39, 0.29) is 5.54 Å². The molecule has 1 saturated heterocycles. The highest BCUT2D eigenvalue weighted by Crippen LogP contribution is 2.43. The highest BCUT2D eigenvalue weighted by molar-refractivity contribution is 5.95. The van der Waals surface area contributed by atoms with E-state index in [4.69, 9.17) is 5.73 Å². The monoisotopic (exact) mass is 270 g/mol. The molecule has 1 aromatic rings. The number of carbonyl (C=O) groups is 1. The maximum absolute atomic E-state index is 13.5. The number of rotatable bonds is 2. The molecule has 1 amide bonds. The van der Waals surface area contributed by atoms with Gasteiger partial charge in [0.15, 0.2) is 17.5 Å². The number of likely N-dealkylation sites (tertiary alicyclic amines) is 1. The Bertz CT molecular complexity index is 551. The molecule has 0 aromatic heterocycles. The standard InChI is InChI=1S/C13H13F3N2O/c14-9-4-3-8(10(15)11(9)16)12(19)18-5-13(17,6-18)7-1-2-7/h3-4,7H,1-2,5-6,17H2. The fourth-order valence-electron chi connectivity index (χ4n) is 2.59. The average molecular weight is 270 g/mol. The summed E-state index contributed by atoms with van der Waals surface area (Å²) in [6.07, 6.45) is 2.11. The van der Waals surface area contributed by atoms with Crippen molar-refractivity contribution in [2.24, 2.45) is 11.7 Å². The predicted octanol–water partition coefficient (Wildman–Crippen LogP) is 1.67. The van der Waals surface area contributed by atoms with Crippen LogP contribution in [0.4, 0.5) is 13.2 Å². The van der Waals surface area contributed by atoms with Crippen LogP contribution in [0.25, 0.3) is 0 Å². The largest absolute Gasteiger partial charge is 0.335 e. The molecule has 2 aliphatic rings. The van der Waals surface area contributed by atoms with Gasteiger partial charge >= 0.3 is 0 Å². The number of halogens is 3. The molecule has 0 atom stereocenters. The lowest BCUT2D eigenvalue weighted by molar-refractivity contribution is 0.0345. The van der Waals surface area contributed by atoms with Crippen molar-refractivity contribution in [3.8, 4) is 0 Å². The molecule has 102 valence electrons. The fourth-order valence-corrected chi connectivity index (χ4v) is 2.59. The minimum atomic E-state index is -1.62. The molecule has 0 bridgehead atoms. The summed E-state index contributed by atoms with van der Waals surface area (Å²) >= 11 is 0. The van der Waals surface area contributed by atoms with Gasteiger partial charge in [-0.1, -0.05) is 0 Å².